The van der Waals surface area contributed by atoms with Crippen LogP contribution < -0.4 is 62.0 Å². The molecule has 0 unspecified atom stereocenters. The quantitative estimate of drug-likeness (QED) is 0.113. The highest BCUT2D eigenvalue weighted by molar-refractivity contribution is 7.02. The molecule has 4 heterocycles. The van der Waals surface area contributed by atoms with Crippen molar-refractivity contribution < 1.29 is 4.74 Å². The molecule has 4 aliphatic rings. The van der Waals surface area contributed by atoms with Crippen molar-refractivity contribution in [2.75, 3.05) is 24.5 Å². The second-order valence-electron chi connectivity index (χ2n) is 25.5. The molecule has 15 aromatic carbocycles. The number of fused-ring (bicyclic) bond motifs is 8. The first-order valence-electron chi connectivity index (χ1n) is 33.7. The van der Waals surface area contributed by atoms with Gasteiger partial charge in [-0.25, -0.2) is 0 Å². The van der Waals surface area contributed by atoms with Crippen LogP contribution in [0.3, 0.4) is 0 Å². The molecule has 0 radical (unpaired) electrons. The maximum atomic E-state index is 7.94. The number of rotatable bonds is 12. The summed E-state index contributed by atoms with van der Waals surface area (Å²) < 4.78 is 7.94. The summed E-state index contributed by atoms with van der Waals surface area (Å²) in [5.74, 6) is 1.61. The summed E-state index contributed by atoms with van der Waals surface area (Å²) in [4.78, 5) is 12.4. The van der Waals surface area contributed by atoms with Gasteiger partial charge in [-0.05, 0) is 147 Å². The van der Waals surface area contributed by atoms with Crippen molar-refractivity contribution in [3.8, 4) is 44.9 Å². The maximum absolute atomic E-state index is 7.94. The number of para-hydroxylation sites is 9. The predicted octanol–water partition coefficient (Wildman–Crippen LogP) is 20.1. The van der Waals surface area contributed by atoms with Crippen LogP contribution in [0.4, 0.5) is 85.3 Å². The van der Waals surface area contributed by atoms with Gasteiger partial charge in [-0.1, -0.05) is 261 Å². The summed E-state index contributed by atoms with van der Waals surface area (Å²) in [5.41, 5.74) is 29.8. The van der Waals surface area contributed by atoms with Gasteiger partial charge < -0.3 is 29.2 Å². The maximum Gasteiger partial charge on any atom is 0.256 e. The topological polar surface area (TPSA) is 25.4 Å². The van der Waals surface area contributed by atoms with Crippen molar-refractivity contribution in [1.82, 2.24) is 0 Å². The minimum Gasteiger partial charge on any atom is -0.458 e. The van der Waals surface area contributed by atoms with E-state index in [0.29, 0.717) is 0 Å². The van der Waals surface area contributed by atoms with E-state index in [2.05, 4.69) is 395 Å². The van der Waals surface area contributed by atoms with Crippen LogP contribution in [0.2, 0.25) is 0 Å². The van der Waals surface area contributed by atoms with Crippen LogP contribution in [-0.4, -0.2) is 13.4 Å². The second kappa shape index (κ2) is 23.6. The number of nitrogens with zero attached hydrogens (tertiary/aromatic N) is 5. The van der Waals surface area contributed by atoms with Crippen molar-refractivity contribution >= 4 is 132 Å². The van der Waals surface area contributed by atoms with E-state index in [1.54, 1.807) is 0 Å². The van der Waals surface area contributed by atoms with Gasteiger partial charge in [-0.3, -0.25) is 0 Å². The Bertz CT molecular complexity index is 5530. The number of ether oxygens (including phenoxy) is 1. The van der Waals surface area contributed by atoms with Crippen molar-refractivity contribution in [3.05, 3.63) is 370 Å². The Morgan fingerprint density at radius 1 is 0.224 bits per heavy atom. The number of benzene rings is 15. The summed E-state index contributed by atoms with van der Waals surface area (Å²) in [7, 11) is 0. The van der Waals surface area contributed by atoms with E-state index < -0.39 is 0 Å². The molecule has 4 aliphatic heterocycles. The van der Waals surface area contributed by atoms with Gasteiger partial charge in [0.1, 0.15) is 11.5 Å². The lowest BCUT2D eigenvalue weighted by Crippen LogP contribution is -2.64. The monoisotopic (exact) mass is 1250 g/mol. The van der Waals surface area contributed by atoms with Gasteiger partial charge in [-0.15, -0.1) is 0 Å². The van der Waals surface area contributed by atoms with Crippen molar-refractivity contribution in [2.24, 2.45) is 0 Å². The lowest BCUT2D eigenvalue weighted by molar-refractivity contribution is 0.488. The fraction of sp³-hybridized carbons (Fsp3) is 0. The first-order chi connectivity index (χ1) is 48.7. The van der Waals surface area contributed by atoms with Crippen LogP contribution in [0.5, 0.6) is 11.5 Å². The number of hydrogen-bond acceptors (Lipinski definition) is 6. The van der Waals surface area contributed by atoms with Crippen molar-refractivity contribution in [1.29, 1.82) is 0 Å². The van der Waals surface area contributed by atoms with Gasteiger partial charge >= 0.3 is 0 Å². The van der Waals surface area contributed by atoms with Gasteiger partial charge in [0.25, 0.3) is 13.4 Å². The zero-order valence-electron chi connectivity index (χ0n) is 53.5. The summed E-state index contributed by atoms with van der Waals surface area (Å²) >= 11 is 0. The van der Waals surface area contributed by atoms with E-state index in [0.717, 1.165) is 141 Å². The molecule has 0 saturated carbocycles. The summed E-state index contributed by atoms with van der Waals surface area (Å²) in [6.07, 6.45) is 0. The van der Waals surface area contributed by atoms with Crippen LogP contribution in [0.1, 0.15) is 0 Å². The Morgan fingerprint density at radius 2 is 0.592 bits per heavy atom. The Labute approximate surface area is 572 Å². The molecule has 0 spiro atoms. The minimum atomic E-state index is -0.224. The smallest absolute Gasteiger partial charge is 0.256 e. The first-order valence-corrected chi connectivity index (χ1v) is 33.7. The molecule has 8 heteroatoms. The molecule has 0 aliphatic carbocycles. The molecule has 19 rings (SSSR count). The highest BCUT2D eigenvalue weighted by Gasteiger charge is 2.48. The Hall–Kier alpha value is -12.8. The minimum absolute atomic E-state index is 0.223. The van der Waals surface area contributed by atoms with Gasteiger partial charge in [-0.2, -0.15) is 0 Å². The lowest BCUT2D eigenvalue weighted by Gasteiger charge is -2.46. The molecule has 0 aromatic heterocycles. The number of hydrogen-bond donors (Lipinski definition) is 0. The zero-order valence-corrected chi connectivity index (χ0v) is 53.5. The Morgan fingerprint density at radius 3 is 1.09 bits per heavy atom. The number of anilines is 15. The van der Waals surface area contributed by atoms with E-state index in [4.69, 9.17) is 4.74 Å². The highest BCUT2D eigenvalue weighted by atomic mass is 16.5. The molecule has 15 aromatic rings. The first kappa shape index (κ1) is 56.7. The molecular formula is C90H61B2N5O. The van der Waals surface area contributed by atoms with Crippen LogP contribution >= 0.6 is 0 Å². The highest BCUT2D eigenvalue weighted by Crippen LogP contribution is 2.53. The molecule has 458 valence electrons. The van der Waals surface area contributed by atoms with Gasteiger partial charge in [0, 0.05) is 85.7 Å². The molecule has 0 saturated heterocycles. The van der Waals surface area contributed by atoms with Crippen LogP contribution in [0, 0.1) is 0 Å². The fourth-order valence-electron chi connectivity index (χ4n) is 15.9. The molecule has 98 heavy (non-hydrogen) atoms. The second-order valence-corrected chi connectivity index (χ2v) is 25.5. The largest absolute Gasteiger partial charge is 0.458 e. The molecular weight excluding hydrogens is 1190 g/mol. The third kappa shape index (κ3) is 9.28. The summed E-state index contributed by atoms with van der Waals surface area (Å²) in [5, 5.41) is 0. The standard InChI is InChI=1S/C90H61B2N5O/c1-8-32-62(33-9-1)71-46-22-27-51-78(71)93(65-38-14-4-15-39-65)69-56-84-89-85(57-69)97(80-53-29-24-48-73(80)64-36-12-3-13-37-64)83-61-87-77(60-76(83)91(89)74-49-25-30-54-81(74)95(84)67-42-18-6-19-43-67)92-75-50-26-31-55-82(75)96(68-44-20-7-21-45-68)86-58-70(59-88(98-87)90(86)92)94(66-40-16-5-17-41-66)79-52-28-23-47-72(79)63-34-10-2-11-35-63/h1-61H. The predicted molar refractivity (Wildman–Crippen MR) is 412 cm³/mol. The average molecular weight is 1250 g/mol. The van der Waals surface area contributed by atoms with Crippen molar-refractivity contribution in [3.63, 3.8) is 0 Å². The fourth-order valence-corrected chi connectivity index (χ4v) is 15.9. The van der Waals surface area contributed by atoms with Gasteiger partial charge in [0.2, 0.25) is 0 Å². The molecule has 0 bridgehead atoms. The molecule has 0 atom stereocenters. The van der Waals surface area contributed by atoms with Gasteiger partial charge in [0.15, 0.2) is 0 Å². The summed E-state index contributed by atoms with van der Waals surface area (Å²) in [6.45, 7) is -0.447. The zero-order chi connectivity index (χ0) is 64.6. The lowest BCUT2D eigenvalue weighted by atomic mass is 9.30. The Balaban J connectivity index is 0.908. The average Bonchev–Trinajstić information content (AvgIpc) is 0.689. The molecule has 0 fully saturated rings. The molecule has 0 N–H and O–H groups in total. The van der Waals surface area contributed by atoms with Crippen LogP contribution in [-0.2, 0) is 0 Å². The van der Waals surface area contributed by atoms with E-state index in [1.165, 1.54) is 21.9 Å². The Kier molecular flexibility index (Phi) is 13.7. The van der Waals surface area contributed by atoms with E-state index in [1.807, 2.05) is 0 Å². The van der Waals surface area contributed by atoms with E-state index >= 15 is 0 Å². The summed E-state index contributed by atoms with van der Waals surface area (Å²) in [6, 6.07) is 135. The van der Waals surface area contributed by atoms with Crippen molar-refractivity contribution in [2.45, 2.75) is 0 Å². The van der Waals surface area contributed by atoms with E-state index in [9.17, 15) is 0 Å². The normalized spacial score (nSPS) is 12.7. The third-order valence-corrected chi connectivity index (χ3v) is 20.0. The third-order valence-electron chi connectivity index (χ3n) is 20.0. The molecule has 6 nitrogen and oxygen atoms in total. The van der Waals surface area contributed by atoms with Crippen LogP contribution in [0.15, 0.2) is 370 Å². The molecule has 0 amide bonds. The SMILES string of the molecule is c1ccc(-c2ccccc2N(c2ccccc2)c2cc3c4c(c2)N(c2ccccc2)c2ccccc2B4c2cc4c(cc2O3)N(c2ccccc2-c2ccccc2)c2cc(N(c3ccccc3)c3ccccc3-c3ccccc3)cc3c2B4c2ccccc2N3c2ccccc2)cc1. The van der Waals surface area contributed by atoms with Crippen LogP contribution in [0.25, 0.3) is 33.4 Å². The van der Waals surface area contributed by atoms with Gasteiger partial charge in [0.05, 0.1) is 28.4 Å². The van der Waals surface area contributed by atoms with E-state index in [-0.39, 0.29) is 13.4 Å².